The molecule has 23 heavy (non-hydrogen) atoms. The molecule has 0 aliphatic carbocycles. The molecule has 0 amide bonds. The molecule has 0 aliphatic heterocycles. The number of thiophene rings is 1. The van der Waals surface area contributed by atoms with Gasteiger partial charge in [-0.05, 0) is 42.5 Å². The number of hydrogen-bond acceptors (Lipinski definition) is 3. The molecule has 0 fully saturated rings. The molecule has 114 valence electrons. The van der Waals surface area contributed by atoms with E-state index in [1.165, 1.54) is 0 Å². The number of rotatable bonds is 2. The van der Waals surface area contributed by atoms with Crippen LogP contribution in [0.15, 0.2) is 48.5 Å². The second-order valence-electron chi connectivity index (χ2n) is 4.91. The minimum atomic E-state index is 0.510. The molecule has 0 atom stereocenters. The average Bonchev–Trinajstić information content (AvgIpc) is 3.09. The number of aromatic nitrogens is 3. The molecule has 0 saturated carbocycles. The first-order chi connectivity index (χ1) is 11.1. The van der Waals surface area contributed by atoms with Crippen molar-refractivity contribution >= 4 is 56.8 Å². The number of benzene rings is 2. The molecule has 0 spiro atoms. The quantitative estimate of drug-likeness (QED) is 0.427. The Morgan fingerprint density at radius 1 is 1.04 bits per heavy atom. The fraction of sp³-hybridized carbons (Fsp3) is 0. The predicted octanol–water partition coefficient (Wildman–Crippen LogP) is 6.12. The van der Waals surface area contributed by atoms with Gasteiger partial charge in [0.15, 0.2) is 10.6 Å². The van der Waals surface area contributed by atoms with E-state index in [1.807, 2.05) is 53.1 Å². The number of nitrogens with one attached hydrogen (secondary N) is 1. The lowest BCUT2D eigenvalue weighted by Gasteiger charge is -2.06. The molecule has 0 saturated heterocycles. The van der Waals surface area contributed by atoms with E-state index in [0.29, 0.717) is 20.6 Å². The Hall–Kier alpha value is -1.66. The predicted molar refractivity (Wildman–Crippen MR) is 99.6 cm³/mol. The van der Waals surface area contributed by atoms with Crippen LogP contribution in [0.5, 0.6) is 0 Å². The van der Waals surface area contributed by atoms with Crippen LogP contribution < -0.4 is 0 Å². The molecule has 0 aliphatic rings. The van der Waals surface area contributed by atoms with Crippen LogP contribution >= 0.6 is 46.8 Å². The Balaban J connectivity index is 1.98. The van der Waals surface area contributed by atoms with E-state index in [4.69, 9.17) is 35.4 Å². The van der Waals surface area contributed by atoms with Gasteiger partial charge in [0.1, 0.15) is 0 Å². The van der Waals surface area contributed by atoms with E-state index in [-0.39, 0.29) is 0 Å². The summed E-state index contributed by atoms with van der Waals surface area (Å²) >= 11 is 19.5. The van der Waals surface area contributed by atoms with E-state index in [9.17, 15) is 0 Å². The second-order valence-corrected chi connectivity index (χ2v) is 7.16. The Bertz CT molecular complexity index is 1060. The summed E-state index contributed by atoms with van der Waals surface area (Å²) in [5, 5.41) is 9.61. The SMILES string of the molecule is S=c1[nH]nc(-c2sc3ccccc3c2Cl)n1-c1ccc(Cl)cc1. The minimum absolute atomic E-state index is 0.510. The van der Waals surface area contributed by atoms with Gasteiger partial charge in [0.05, 0.1) is 15.6 Å². The maximum absolute atomic E-state index is 6.57. The third-order valence-electron chi connectivity index (χ3n) is 3.50. The minimum Gasteiger partial charge on any atom is -0.267 e. The summed E-state index contributed by atoms with van der Waals surface area (Å²) in [5.41, 5.74) is 0.886. The van der Waals surface area contributed by atoms with Gasteiger partial charge in [0.25, 0.3) is 0 Å². The number of hydrogen-bond donors (Lipinski definition) is 1. The fourth-order valence-corrected chi connectivity index (χ4v) is 4.30. The summed E-state index contributed by atoms with van der Waals surface area (Å²) in [6, 6.07) is 15.5. The van der Waals surface area contributed by atoms with Gasteiger partial charge in [-0.25, -0.2) is 0 Å². The largest absolute Gasteiger partial charge is 0.267 e. The lowest BCUT2D eigenvalue weighted by Crippen LogP contribution is -1.96. The first-order valence-corrected chi connectivity index (χ1v) is 8.74. The summed E-state index contributed by atoms with van der Waals surface area (Å²) in [6.45, 7) is 0. The molecule has 2 aromatic heterocycles. The van der Waals surface area contributed by atoms with E-state index in [0.717, 1.165) is 20.7 Å². The number of aromatic amines is 1. The molecule has 4 rings (SSSR count). The van der Waals surface area contributed by atoms with Gasteiger partial charge in [-0.3, -0.25) is 9.67 Å². The van der Waals surface area contributed by atoms with Crippen molar-refractivity contribution in [1.82, 2.24) is 14.8 Å². The molecular formula is C16H9Cl2N3S2. The van der Waals surface area contributed by atoms with Crippen molar-refractivity contribution in [3.63, 3.8) is 0 Å². The van der Waals surface area contributed by atoms with E-state index < -0.39 is 0 Å². The van der Waals surface area contributed by atoms with Crippen LogP contribution in [-0.4, -0.2) is 14.8 Å². The second kappa shape index (κ2) is 5.76. The first kappa shape index (κ1) is 14.9. The Morgan fingerprint density at radius 2 is 1.78 bits per heavy atom. The van der Waals surface area contributed by atoms with Gasteiger partial charge in [-0.1, -0.05) is 41.4 Å². The van der Waals surface area contributed by atoms with E-state index in [1.54, 1.807) is 11.3 Å². The summed E-state index contributed by atoms with van der Waals surface area (Å²) in [7, 11) is 0. The van der Waals surface area contributed by atoms with Gasteiger partial charge < -0.3 is 0 Å². The van der Waals surface area contributed by atoms with Crippen molar-refractivity contribution < 1.29 is 0 Å². The van der Waals surface area contributed by atoms with Crippen LogP contribution in [-0.2, 0) is 0 Å². The highest BCUT2D eigenvalue weighted by Crippen LogP contribution is 2.41. The summed E-state index contributed by atoms with van der Waals surface area (Å²) in [4.78, 5) is 0.884. The first-order valence-electron chi connectivity index (χ1n) is 6.76. The zero-order valence-electron chi connectivity index (χ0n) is 11.6. The maximum Gasteiger partial charge on any atom is 0.200 e. The van der Waals surface area contributed by atoms with Crippen molar-refractivity contribution in [2.45, 2.75) is 0 Å². The van der Waals surface area contributed by atoms with Crippen molar-refractivity contribution in [1.29, 1.82) is 0 Å². The highest BCUT2D eigenvalue weighted by molar-refractivity contribution is 7.71. The normalized spacial score (nSPS) is 11.2. The number of nitrogens with zero attached hydrogens (tertiary/aromatic N) is 2. The summed E-state index contributed by atoms with van der Waals surface area (Å²) in [5.74, 6) is 0.698. The molecule has 3 nitrogen and oxygen atoms in total. The molecular weight excluding hydrogens is 369 g/mol. The molecule has 7 heteroatoms. The van der Waals surface area contributed by atoms with Gasteiger partial charge in [0.2, 0.25) is 0 Å². The monoisotopic (exact) mass is 377 g/mol. The van der Waals surface area contributed by atoms with Crippen molar-refractivity contribution in [2.24, 2.45) is 0 Å². The molecule has 0 unspecified atom stereocenters. The Labute approximate surface area is 151 Å². The number of fused-ring (bicyclic) bond motifs is 1. The third-order valence-corrected chi connectivity index (χ3v) is 5.69. The van der Waals surface area contributed by atoms with E-state index >= 15 is 0 Å². The molecule has 2 aromatic carbocycles. The third kappa shape index (κ3) is 2.50. The maximum atomic E-state index is 6.57. The standard InChI is InChI=1S/C16H9Cl2N3S2/c17-9-5-7-10(8-6-9)21-15(19-20-16(21)22)14-13(18)11-3-1-2-4-12(11)23-14/h1-8H,(H,20,22). The average molecular weight is 378 g/mol. The molecule has 4 aromatic rings. The lowest BCUT2D eigenvalue weighted by molar-refractivity contribution is 1.04. The highest BCUT2D eigenvalue weighted by Gasteiger charge is 2.18. The zero-order valence-corrected chi connectivity index (χ0v) is 14.7. The summed E-state index contributed by atoms with van der Waals surface area (Å²) < 4.78 is 3.49. The van der Waals surface area contributed by atoms with Crippen LogP contribution in [0.3, 0.4) is 0 Å². The van der Waals surface area contributed by atoms with Gasteiger partial charge in [0, 0.05) is 15.1 Å². The highest BCUT2D eigenvalue weighted by atomic mass is 35.5. The fourth-order valence-electron chi connectivity index (χ4n) is 2.44. The lowest BCUT2D eigenvalue weighted by atomic mass is 10.2. The Kier molecular flexibility index (Phi) is 3.73. The van der Waals surface area contributed by atoms with Crippen LogP contribution in [0.25, 0.3) is 26.5 Å². The number of H-pyrrole nitrogens is 1. The van der Waals surface area contributed by atoms with Gasteiger partial charge in [-0.2, -0.15) is 5.10 Å². The molecule has 0 radical (unpaired) electrons. The van der Waals surface area contributed by atoms with Crippen LogP contribution in [0.2, 0.25) is 10.0 Å². The van der Waals surface area contributed by atoms with Crippen LogP contribution in [0.4, 0.5) is 0 Å². The van der Waals surface area contributed by atoms with Crippen molar-refractivity contribution in [3.05, 3.63) is 63.3 Å². The Morgan fingerprint density at radius 3 is 2.52 bits per heavy atom. The van der Waals surface area contributed by atoms with E-state index in [2.05, 4.69) is 10.2 Å². The van der Waals surface area contributed by atoms with Crippen LogP contribution in [0.1, 0.15) is 0 Å². The smallest absolute Gasteiger partial charge is 0.200 e. The molecule has 2 heterocycles. The van der Waals surface area contributed by atoms with Gasteiger partial charge in [-0.15, -0.1) is 11.3 Å². The zero-order chi connectivity index (χ0) is 16.0. The molecule has 0 bridgehead atoms. The number of halogens is 2. The topological polar surface area (TPSA) is 33.6 Å². The van der Waals surface area contributed by atoms with Gasteiger partial charge >= 0.3 is 0 Å². The van der Waals surface area contributed by atoms with Crippen LogP contribution in [0, 0.1) is 4.77 Å². The van der Waals surface area contributed by atoms with Crippen molar-refractivity contribution in [3.8, 4) is 16.4 Å². The summed E-state index contributed by atoms with van der Waals surface area (Å²) in [6.07, 6.45) is 0. The van der Waals surface area contributed by atoms with Crippen molar-refractivity contribution in [2.75, 3.05) is 0 Å². The molecule has 1 N–H and O–H groups in total.